The maximum Gasteiger partial charge on any atom is 0.345 e. The van der Waals surface area contributed by atoms with E-state index in [0.29, 0.717) is 12.2 Å². The molecule has 0 aliphatic carbocycles. The lowest BCUT2D eigenvalue weighted by Crippen LogP contribution is -2.29. The molecule has 0 unspecified atom stereocenters. The molecule has 1 atom stereocenters. The zero-order chi connectivity index (χ0) is 30.3. The number of carboxylic acid groups (broad SMARTS) is 1. The third kappa shape index (κ3) is 10.3. The van der Waals surface area contributed by atoms with Gasteiger partial charge in [0.15, 0.2) is 6.10 Å². The summed E-state index contributed by atoms with van der Waals surface area (Å²) in [6.07, 6.45) is 10.7. The van der Waals surface area contributed by atoms with Gasteiger partial charge in [0.2, 0.25) is 0 Å². The van der Waals surface area contributed by atoms with E-state index in [4.69, 9.17) is 9.47 Å². The number of nitrogens with zero attached hydrogens (tertiary/aromatic N) is 1. The van der Waals surface area contributed by atoms with Gasteiger partial charge in [-0.05, 0) is 85.0 Å². The maximum atomic E-state index is 11.8. The van der Waals surface area contributed by atoms with Crippen LogP contribution in [-0.2, 0) is 24.2 Å². The van der Waals surface area contributed by atoms with E-state index in [9.17, 15) is 9.90 Å². The summed E-state index contributed by atoms with van der Waals surface area (Å²) < 4.78 is 14.2. The quantitative estimate of drug-likeness (QED) is 0.112. The molecule has 4 aromatic rings. The van der Waals surface area contributed by atoms with Crippen LogP contribution in [0.1, 0.15) is 75.1 Å². The lowest BCUT2D eigenvalue weighted by molar-refractivity contribution is -0.145. The molecule has 3 aromatic carbocycles. The highest BCUT2D eigenvalue weighted by atomic mass is 16.5. The number of unbranched alkanes of at least 4 members (excludes halogenated alkanes) is 7. The number of benzene rings is 3. The van der Waals surface area contributed by atoms with Crippen molar-refractivity contribution >= 4 is 5.97 Å². The summed E-state index contributed by atoms with van der Waals surface area (Å²) in [6, 6.07) is 30.1. The van der Waals surface area contributed by atoms with Gasteiger partial charge < -0.3 is 19.1 Å². The Hall–Kier alpha value is -3.99. The molecule has 0 aliphatic rings. The van der Waals surface area contributed by atoms with Gasteiger partial charge in [-0.3, -0.25) is 0 Å². The van der Waals surface area contributed by atoms with Crippen LogP contribution in [0.15, 0.2) is 91.0 Å². The fraction of sp³-hybridized carbons (Fsp3) is 0.395. The fourth-order valence-corrected chi connectivity index (χ4v) is 5.41. The first kappa shape index (κ1) is 31.9. The van der Waals surface area contributed by atoms with Crippen molar-refractivity contribution in [1.29, 1.82) is 0 Å². The number of aryl methyl sites for hydroxylation is 2. The molecule has 0 saturated heterocycles. The molecule has 1 aromatic heterocycles. The zero-order valence-corrected chi connectivity index (χ0v) is 25.8. The molecular weight excluding hydrogens is 534 g/mol. The number of aliphatic carboxylic acids is 1. The van der Waals surface area contributed by atoms with E-state index in [2.05, 4.69) is 54.8 Å². The smallest absolute Gasteiger partial charge is 0.345 e. The highest BCUT2D eigenvalue weighted by Gasteiger charge is 2.20. The Morgan fingerprint density at radius 1 is 0.744 bits per heavy atom. The van der Waals surface area contributed by atoms with Crippen molar-refractivity contribution in [3.63, 3.8) is 0 Å². The molecule has 4 rings (SSSR count). The van der Waals surface area contributed by atoms with Crippen LogP contribution in [0, 0.1) is 6.92 Å². The van der Waals surface area contributed by atoms with E-state index >= 15 is 0 Å². The van der Waals surface area contributed by atoms with Crippen molar-refractivity contribution in [2.75, 3.05) is 6.61 Å². The van der Waals surface area contributed by atoms with Gasteiger partial charge in [0, 0.05) is 24.4 Å². The Balaban J connectivity index is 1.26. The molecule has 0 saturated carbocycles. The molecule has 1 heterocycles. The zero-order valence-electron chi connectivity index (χ0n) is 25.8. The van der Waals surface area contributed by atoms with Crippen LogP contribution in [0.5, 0.6) is 11.5 Å². The van der Waals surface area contributed by atoms with E-state index in [0.717, 1.165) is 48.6 Å². The van der Waals surface area contributed by atoms with E-state index < -0.39 is 12.1 Å². The average Bonchev–Trinajstić information content (AvgIpc) is 3.40. The van der Waals surface area contributed by atoms with Crippen molar-refractivity contribution in [3.05, 3.63) is 108 Å². The fourth-order valence-electron chi connectivity index (χ4n) is 5.41. The van der Waals surface area contributed by atoms with Crippen LogP contribution >= 0.6 is 0 Å². The van der Waals surface area contributed by atoms with Crippen molar-refractivity contribution in [2.45, 2.75) is 90.7 Å². The molecule has 43 heavy (non-hydrogen) atoms. The van der Waals surface area contributed by atoms with Crippen LogP contribution in [0.4, 0.5) is 0 Å². The minimum atomic E-state index is -0.972. The number of aromatic nitrogens is 1. The van der Waals surface area contributed by atoms with Gasteiger partial charge in [-0.15, -0.1) is 0 Å². The van der Waals surface area contributed by atoms with Gasteiger partial charge in [0.05, 0.1) is 6.61 Å². The molecule has 5 heteroatoms. The Labute approximate surface area is 257 Å². The van der Waals surface area contributed by atoms with Crippen molar-refractivity contribution in [1.82, 2.24) is 4.57 Å². The molecule has 0 radical (unpaired) electrons. The summed E-state index contributed by atoms with van der Waals surface area (Å²) in [4.78, 5) is 11.8. The average molecular weight is 582 g/mol. The van der Waals surface area contributed by atoms with Crippen molar-refractivity contribution in [2.24, 2.45) is 0 Å². The van der Waals surface area contributed by atoms with Crippen molar-refractivity contribution in [3.8, 4) is 22.8 Å². The summed E-state index contributed by atoms with van der Waals surface area (Å²) in [6.45, 7) is 6.04. The predicted octanol–water partition coefficient (Wildman–Crippen LogP) is 9.30. The van der Waals surface area contributed by atoms with Gasteiger partial charge >= 0.3 is 5.97 Å². The number of ether oxygens (including phenoxy) is 2. The monoisotopic (exact) mass is 581 g/mol. The molecule has 0 bridgehead atoms. The second-order valence-electron chi connectivity index (χ2n) is 11.4. The number of hydrogen-bond donors (Lipinski definition) is 1. The molecule has 0 spiro atoms. The Bertz CT molecular complexity index is 1360. The first-order chi connectivity index (χ1) is 21.0. The third-order valence-corrected chi connectivity index (χ3v) is 7.98. The second-order valence-corrected chi connectivity index (χ2v) is 11.4. The summed E-state index contributed by atoms with van der Waals surface area (Å²) in [7, 11) is 0. The topological polar surface area (TPSA) is 60.7 Å². The second kappa shape index (κ2) is 17.2. The van der Waals surface area contributed by atoms with Gasteiger partial charge in [-0.2, -0.15) is 0 Å². The third-order valence-electron chi connectivity index (χ3n) is 7.98. The Kier molecular flexibility index (Phi) is 12.8. The van der Waals surface area contributed by atoms with E-state index in [1.807, 2.05) is 54.6 Å². The van der Waals surface area contributed by atoms with Gasteiger partial charge in [-0.1, -0.05) is 94.3 Å². The molecule has 1 N–H and O–H groups in total. The van der Waals surface area contributed by atoms with Gasteiger partial charge in [-0.25, -0.2) is 4.79 Å². The molecule has 0 fully saturated rings. The maximum absolute atomic E-state index is 11.8. The summed E-state index contributed by atoms with van der Waals surface area (Å²) in [5, 5.41) is 9.70. The van der Waals surface area contributed by atoms with Crippen LogP contribution in [0.2, 0.25) is 0 Å². The minimum absolute atomic E-state index is 0.312. The lowest BCUT2D eigenvalue weighted by Gasteiger charge is -2.16. The molecular formula is C38H47NO4. The SMILES string of the molecule is CCCCCCCCCCOc1ccc(CCn2c(C)ccc2-c2ccc(O[C@H](Cc3ccccc3)C(=O)O)cc2)cc1. The lowest BCUT2D eigenvalue weighted by atomic mass is 10.1. The first-order valence-corrected chi connectivity index (χ1v) is 15.9. The number of carbonyl (C=O) groups is 1. The van der Waals surface area contributed by atoms with Crippen LogP contribution in [0.25, 0.3) is 11.3 Å². The predicted molar refractivity (Wildman–Crippen MR) is 175 cm³/mol. The summed E-state index contributed by atoms with van der Waals surface area (Å²) in [5.41, 5.74) is 5.61. The van der Waals surface area contributed by atoms with Crippen molar-refractivity contribution < 1.29 is 19.4 Å². The van der Waals surface area contributed by atoms with E-state index in [1.165, 1.54) is 56.2 Å². The van der Waals surface area contributed by atoms with Gasteiger partial charge in [0.1, 0.15) is 11.5 Å². The van der Waals surface area contributed by atoms with Crippen LogP contribution in [0.3, 0.4) is 0 Å². The number of hydrogen-bond acceptors (Lipinski definition) is 3. The number of carboxylic acids is 1. The van der Waals surface area contributed by atoms with Crippen LogP contribution < -0.4 is 9.47 Å². The minimum Gasteiger partial charge on any atom is -0.494 e. The summed E-state index contributed by atoms with van der Waals surface area (Å²) in [5.74, 6) is 0.521. The highest BCUT2D eigenvalue weighted by Crippen LogP contribution is 2.26. The molecule has 0 aliphatic heterocycles. The molecule has 228 valence electrons. The van der Waals surface area contributed by atoms with Gasteiger partial charge in [0.25, 0.3) is 0 Å². The first-order valence-electron chi connectivity index (χ1n) is 15.9. The molecule has 5 nitrogen and oxygen atoms in total. The largest absolute Gasteiger partial charge is 0.494 e. The van der Waals surface area contributed by atoms with E-state index in [-0.39, 0.29) is 0 Å². The Morgan fingerprint density at radius 3 is 2.07 bits per heavy atom. The molecule has 0 amide bonds. The van der Waals surface area contributed by atoms with E-state index in [1.54, 1.807) is 0 Å². The normalized spacial score (nSPS) is 11.8. The standard InChI is InChI=1S/C38H47NO4/c1-3-4-5-6-7-8-9-13-28-42-34-21-17-31(18-22-34)26-27-39-30(2)16-25-36(39)33-19-23-35(24-20-33)43-37(38(40)41)29-32-14-11-10-12-15-32/h10-12,14-25,37H,3-9,13,26-29H2,1-2H3,(H,40,41)/t37-/m1/s1. The summed E-state index contributed by atoms with van der Waals surface area (Å²) >= 11 is 0. The number of rotatable bonds is 19. The Morgan fingerprint density at radius 2 is 1.40 bits per heavy atom. The van der Waals surface area contributed by atoms with Crippen LogP contribution in [-0.4, -0.2) is 28.4 Å². The highest BCUT2D eigenvalue weighted by molar-refractivity contribution is 5.73.